The van der Waals surface area contributed by atoms with Gasteiger partial charge in [0.05, 0.1) is 10.9 Å². The van der Waals surface area contributed by atoms with Gasteiger partial charge in [-0.15, -0.1) is 0 Å². The maximum absolute atomic E-state index is 10.4. The van der Waals surface area contributed by atoms with Crippen molar-refractivity contribution in [3.05, 3.63) is 39.4 Å². The summed E-state index contributed by atoms with van der Waals surface area (Å²) >= 11 is 0. The van der Waals surface area contributed by atoms with Crippen molar-refractivity contribution in [1.82, 2.24) is 0 Å². The first-order valence-corrected chi connectivity index (χ1v) is 3.49. The number of rotatable bonds is 2. The normalized spacial score (nSPS) is 8.93. The number of carboxylic acid groups (broad SMARTS) is 1. The van der Waals surface area contributed by atoms with Crippen LogP contribution in [0, 0.1) is 17.0 Å². The van der Waals surface area contributed by atoms with Crippen LogP contribution >= 0.6 is 0 Å². The molecule has 1 aromatic rings. The van der Waals surface area contributed by atoms with Crippen LogP contribution in [0.25, 0.3) is 0 Å². The predicted molar refractivity (Wildman–Crippen MR) is 42.2 cm³/mol. The molecule has 0 heterocycles. The third-order valence-corrected chi connectivity index (χ3v) is 1.63. The second-order valence-corrected chi connectivity index (χ2v) is 2.55. The number of aromatic carboxylic acids is 1. The first-order chi connectivity index (χ1) is 6.02. The Morgan fingerprint density at radius 2 is 2.00 bits per heavy atom. The fourth-order valence-corrected chi connectivity index (χ4v) is 0.987. The van der Waals surface area contributed by atoms with E-state index in [1.807, 2.05) is 0 Å². The molecule has 0 N–H and O–H groups in total. The molecule has 14 heavy (non-hydrogen) atoms. The second-order valence-electron chi connectivity index (χ2n) is 2.55. The van der Waals surface area contributed by atoms with Gasteiger partial charge in [-0.3, -0.25) is 10.1 Å². The van der Waals surface area contributed by atoms with Crippen LogP contribution in [0.15, 0.2) is 18.2 Å². The van der Waals surface area contributed by atoms with E-state index >= 15 is 0 Å². The molecular weight excluding hydrogens is 213 g/mol. The summed E-state index contributed by atoms with van der Waals surface area (Å²) in [7, 11) is 0. The molecule has 0 unspecified atom stereocenters. The summed E-state index contributed by atoms with van der Waals surface area (Å²) in [6, 6.07) is 3.52. The van der Waals surface area contributed by atoms with E-state index in [4.69, 9.17) is 0 Å². The molecule has 5 nitrogen and oxygen atoms in total. The SMILES string of the molecule is Cc1cc(C(=O)[O-])ccc1[N+](=O)[O-].[K+]. The monoisotopic (exact) mass is 219 g/mol. The topological polar surface area (TPSA) is 83.3 Å². The van der Waals surface area contributed by atoms with E-state index in [1.165, 1.54) is 13.0 Å². The molecule has 0 radical (unpaired) electrons. The Hall–Kier alpha value is -0.274. The Kier molecular flexibility index (Phi) is 5.46. The van der Waals surface area contributed by atoms with E-state index < -0.39 is 10.9 Å². The zero-order valence-corrected chi connectivity index (χ0v) is 10.9. The van der Waals surface area contributed by atoms with Crippen LogP contribution in [0.3, 0.4) is 0 Å². The van der Waals surface area contributed by atoms with Gasteiger partial charge in [-0.05, 0) is 24.6 Å². The molecule has 0 aromatic heterocycles. The standard InChI is InChI=1S/C8H7NO4.K/c1-5-4-6(8(10)11)2-3-7(5)9(12)13;/h2-4H,1H3,(H,10,11);/q;+1/p-1. The second kappa shape index (κ2) is 5.57. The molecular formula is C8H6KNO4. The van der Waals surface area contributed by atoms with Crippen LogP contribution in [0.5, 0.6) is 0 Å². The molecule has 0 aliphatic carbocycles. The van der Waals surface area contributed by atoms with Crippen LogP contribution in [-0.4, -0.2) is 10.9 Å². The number of nitro groups is 1. The molecule has 0 amide bonds. The Morgan fingerprint density at radius 3 is 2.36 bits per heavy atom. The van der Waals surface area contributed by atoms with Crippen LogP contribution in [-0.2, 0) is 0 Å². The van der Waals surface area contributed by atoms with Gasteiger partial charge >= 0.3 is 51.4 Å². The van der Waals surface area contributed by atoms with Crippen LogP contribution < -0.4 is 56.5 Å². The molecule has 0 atom stereocenters. The Labute approximate surface area is 123 Å². The minimum atomic E-state index is -1.34. The summed E-state index contributed by atoms with van der Waals surface area (Å²) in [6.45, 7) is 1.48. The van der Waals surface area contributed by atoms with Crippen LogP contribution in [0.2, 0.25) is 0 Å². The van der Waals surface area contributed by atoms with Crippen molar-refractivity contribution < 1.29 is 66.2 Å². The van der Waals surface area contributed by atoms with Gasteiger partial charge in [0, 0.05) is 11.6 Å². The molecule has 1 rings (SSSR count). The van der Waals surface area contributed by atoms with E-state index in [0.717, 1.165) is 12.1 Å². The number of benzene rings is 1. The van der Waals surface area contributed by atoms with Gasteiger partial charge in [0.2, 0.25) is 0 Å². The number of aryl methyl sites for hydroxylation is 1. The first kappa shape index (κ1) is 13.7. The number of carbonyl (C=O) groups excluding carboxylic acids is 1. The third-order valence-electron chi connectivity index (χ3n) is 1.63. The Balaban J connectivity index is 0.00000169. The van der Waals surface area contributed by atoms with Gasteiger partial charge in [0.25, 0.3) is 5.69 Å². The number of nitro benzene ring substituents is 1. The number of carbonyl (C=O) groups is 1. The van der Waals surface area contributed by atoms with Crippen molar-refractivity contribution in [2.45, 2.75) is 6.92 Å². The smallest absolute Gasteiger partial charge is 0.545 e. The van der Waals surface area contributed by atoms with Crippen LogP contribution in [0.4, 0.5) is 5.69 Å². The quantitative estimate of drug-likeness (QED) is 0.307. The van der Waals surface area contributed by atoms with Crippen molar-refractivity contribution in [3.63, 3.8) is 0 Å². The van der Waals surface area contributed by atoms with Crippen LogP contribution in [0.1, 0.15) is 15.9 Å². The Bertz CT molecular complexity index is 378. The molecule has 1 aromatic carbocycles. The molecule has 68 valence electrons. The maximum Gasteiger partial charge on any atom is 1.00 e. The maximum atomic E-state index is 10.4. The molecule has 0 saturated carbocycles. The van der Waals surface area contributed by atoms with Gasteiger partial charge in [-0.1, -0.05) is 0 Å². The van der Waals surface area contributed by atoms with Gasteiger partial charge in [0.15, 0.2) is 0 Å². The predicted octanol–water partition coefficient (Wildman–Crippen LogP) is -2.73. The first-order valence-electron chi connectivity index (χ1n) is 3.49. The molecule has 0 spiro atoms. The zero-order valence-electron chi connectivity index (χ0n) is 7.81. The largest absolute Gasteiger partial charge is 1.00 e. The molecule has 0 fully saturated rings. The van der Waals surface area contributed by atoms with Crippen molar-refractivity contribution >= 4 is 11.7 Å². The minimum absolute atomic E-state index is 0. The molecule has 0 saturated heterocycles. The summed E-state index contributed by atoms with van der Waals surface area (Å²) in [5.41, 5.74) is 0.166. The molecule has 0 aliphatic heterocycles. The van der Waals surface area contributed by atoms with Crippen molar-refractivity contribution in [2.75, 3.05) is 0 Å². The third kappa shape index (κ3) is 3.14. The minimum Gasteiger partial charge on any atom is -0.545 e. The van der Waals surface area contributed by atoms with Gasteiger partial charge in [0.1, 0.15) is 0 Å². The van der Waals surface area contributed by atoms with Crippen molar-refractivity contribution in [3.8, 4) is 0 Å². The van der Waals surface area contributed by atoms with E-state index in [9.17, 15) is 20.0 Å². The number of nitrogens with zero attached hydrogens (tertiary/aromatic N) is 1. The summed E-state index contributed by atoms with van der Waals surface area (Å²) in [5.74, 6) is -1.34. The van der Waals surface area contributed by atoms with E-state index in [1.54, 1.807) is 0 Å². The Morgan fingerprint density at radius 1 is 1.43 bits per heavy atom. The average Bonchev–Trinajstić information content (AvgIpc) is 2.03. The zero-order chi connectivity index (χ0) is 10.0. The molecule has 0 aliphatic rings. The summed E-state index contributed by atoms with van der Waals surface area (Å²) < 4.78 is 0. The van der Waals surface area contributed by atoms with E-state index in [-0.39, 0.29) is 62.6 Å². The van der Waals surface area contributed by atoms with Gasteiger partial charge < -0.3 is 9.90 Å². The number of hydrogen-bond donors (Lipinski definition) is 0. The van der Waals surface area contributed by atoms with E-state index in [2.05, 4.69) is 0 Å². The van der Waals surface area contributed by atoms with Gasteiger partial charge in [-0.25, -0.2) is 0 Å². The fraction of sp³-hybridized carbons (Fsp3) is 0.125. The van der Waals surface area contributed by atoms with Gasteiger partial charge in [-0.2, -0.15) is 0 Å². The average molecular weight is 219 g/mol. The van der Waals surface area contributed by atoms with E-state index in [0.29, 0.717) is 5.56 Å². The summed E-state index contributed by atoms with van der Waals surface area (Å²) in [4.78, 5) is 20.1. The number of hydrogen-bond acceptors (Lipinski definition) is 4. The van der Waals surface area contributed by atoms with Crippen molar-refractivity contribution in [2.24, 2.45) is 0 Å². The molecule has 6 heteroatoms. The van der Waals surface area contributed by atoms with Crippen molar-refractivity contribution in [1.29, 1.82) is 0 Å². The summed E-state index contributed by atoms with van der Waals surface area (Å²) in [5, 5.41) is 20.7. The summed E-state index contributed by atoms with van der Waals surface area (Å²) in [6.07, 6.45) is 0. The number of carboxylic acids is 1. The fourth-order valence-electron chi connectivity index (χ4n) is 0.987. The molecule has 0 bridgehead atoms.